The Kier molecular flexibility index (Phi) is 2.98. The van der Waals surface area contributed by atoms with E-state index < -0.39 is 7.12 Å². The second-order valence-corrected chi connectivity index (χ2v) is 4.93. The summed E-state index contributed by atoms with van der Waals surface area (Å²) >= 11 is 0. The maximum atomic E-state index is 9.56. The van der Waals surface area contributed by atoms with Gasteiger partial charge in [0.1, 0.15) is 0 Å². The Morgan fingerprint density at radius 1 is 1.44 bits per heavy atom. The average molecular weight is 241 g/mol. The van der Waals surface area contributed by atoms with Crippen molar-refractivity contribution < 1.29 is 9.68 Å². The predicted octanol–water partition coefficient (Wildman–Crippen LogP) is 1.80. The van der Waals surface area contributed by atoms with Crippen molar-refractivity contribution in [3.05, 3.63) is 47.7 Å². The summed E-state index contributed by atoms with van der Waals surface area (Å²) in [5, 5.41) is 12.9. The minimum Gasteiger partial charge on any atom is -0.423 e. The minimum atomic E-state index is -0.760. The summed E-state index contributed by atoms with van der Waals surface area (Å²) < 4.78 is 5.18. The van der Waals surface area contributed by atoms with Crippen molar-refractivity contribution in [1.82, 2.24) is 0 Å². The summed E-state index contributed by atoms with van der Waals surface area (Å²) in [6.07, 6.45) is 7.62. The first-order valence-electron chi connectivity index (χ1n) is 6.30. The van der Waals surface area contributed by atoms with Crippen LogP contribution in [0.2, 0.25) is 0 Å². The Balaban J connectivity index is 1.77. The van der Waals surface area contributed by atoms with E-state index in [0.717, 1.165) is 28.8 Å². The smallest absolute Gasteiger partial charge is 0.423 e. The van der Waals surface area contributed by atoms with Gasteiger partial charge in [0.25, 0.3) is 0 Å². The number of benzene rings is 1. The highest BCUT2D eigenvalue weighted by Gasteiger charge is 2.26. The van der Waals surface area contributed by atoms with Gasteiger partial charge in [-0.3, -0.25) is 0 Å². The minimum absolute atomic E-state index is 0.484. The van der Waals surface area contributed by atoms with Gasteiger partial charge < -0.3 is 15.0 Å². The molecule has 0 saturated heterocycles. The number of hydrogen-bond donors (Lipinski definition) is 2. The molecular weight excluding hydrogens is 225 g/mol. The van der Waals surface area contributed by atoms with Crippen LogP contribution in [0.5, 0.6) is 0 Å². The Bertz CT molecular complexity index is 525. The van der Waals surface area contributed by atoms with E-state index in [4.69, 9.17) is 4.65 Å². The molecule has 1 atom stereocenters. The van der Waals surface area contributed by atoms with Crippen molar-refractivity contribution in [1.29, 1.82) is 0 Å². The van der Waals surface area contributed by atoms with Crippen molar-refractivity contribution in [3.8, 4) is 0 Å². The number of anilines is 1. The summed E-state index contributed by atoms with van der Waals surface area (Å²) in [5.74, 6) is 0.624. The first-order valence-corrected chi connectivity index (χ1v) is 6.30. The molecule has 0 fully saturated rings. The molecule has 18 heavy (non-hydrogen) atoms. The molecule has 1 aromatic carbocycles. The van der Waals surface area contributed by atoms with Crippen LogP contribution in [-0.2, 0) is 11.3 Å². The first-order chi connectivity index (χ1) is 8.72. The Hall–Kier alpha value is -1.52. The van der Waals surface area contributed by atoms with Gasteiger partial charge in [0.05, 0.1) is 6.61 Å². The van der Waals surface area contributed by atoms with E-state index >= 15 is 0 Å². The molecule has 92 valence electrons. The first kappa shape index (κ1) is 11.6. The molecule has 1 unspecified atom stereocenters. The second-order valence-electron chi connectivity index (χ2n) is 4.93. The summed E-state index contributed by atoms with van der Waals surface area (Å²) in [6.45, 7) is 2.69. The van der Waals surface area contributed by atoms with Crippen LogP contribution >= 0.6 is 0 Å². The highest BCUT2D eigenvalue weighted by atomic mass is 16.5. The van der Waals surface area contributed by atoms with Gasteiger partial charge in [0, 0.05) is 11.4 Å². The summed E-state index contributed by atoms with van der Waals surface area (Å²) in [4.78, 5) is 0. The van der Waals surface area contributed by atoms with Gasteiger partial charge in [0.15, 0.2) is 0 Å². The molecule has 0 radical (unpaired) electrons. The van der Waals surface area contributed by atoms with Gasteiger partial charge >= 0.3 is 7.12 Å². The normalized spacial score (nSPS) is 21.8. The quantitative estimate of drug-likeness (QED) is 0.775. The highest BCUT2D eigenvalue weighted by molar-refractivity contribution is 6.61. The molecule has 1 aromatic rings. The topological polar surface area (TPSA) is 41.5 Å². The fourth-order valence-electron chi connectivity index (χ4n) is 2.29. The summed E-state index contributed by atoms with van der Waals surface area (Å²) in [7, 11) is -0.760. The molecular formula is C14H16BNO2. The van der Waals surface area contributed by atoms with E-state index in [0.29, 0.717) is 12.5 Å². The van der Waals surface area contributed by atoms with Crippen LogP contribution < -0.4 is 10.8 Å². The van der Waals surface area contributed by atoms with Crippen LogP contribution in [0, 0.1) is 5.92 Å². The zero-order valence-electron chi connectivity index (χ0n) is 10.4. The Morgan fingerprint density at radius 2 is 2.33 bits per heavy atom. The third-order valence-corrected chi connectivity index (χ3v) is 3.41. The van der Waals surface area contributed by atoms with E-state index in [-0.39, 0.29) is 0 Å². The molecule has 3 nitrogen and oxygen atoms in total. The number of allylic oxidation sites excluding steroid dienone is 3. The fraction of sp³-hybridized carbons (Fsp3) is 0.286. The Morgan fingerprint density at radius 3 is 3.11 bits per heavy atom. The van der Waals surface area contributed by atoms with Gasteiger partial charge in [-0.05, 0) is 41.6 Å². The van der Waals surface area contributed by atoms with Crippen LogP contribution in [-0.4, -0.2) is 12.1 Å². The molecule has 1 heterocycles. The maximum absolute atomic E-state index is 9.56. The summed E-state index contributed by atoms with van der Waals surface area (Å²) in [6, 6.07) is 5.94. The molecule has 1 aliphatic carbocycles. The largest absolute Gasteiger partial charge is 0.491 e. The van der Waals surface area contributed by atoms with Gasteiger partial charge in [-0.1, -0.05) is 25.1 Å². The van der Waals surface area contributed by atoms with Crippen LogP contribution in [0.1, 0.15) is 18.9 Å². The number of nitrogens with one attached hydrogen (secondary N) is 1. The van der Waals surface area contributed by atoms with Crippen LogP contribution in [0.15, 0.2) is 42.1 Å². The molecule has 0 saturated carbocycles. The molecule has 2 aliphatic rings. The zero-order chi connectivity index (χ0) is 12.5. The maximum Gasteiger partial charge on any atom is 0.491 e. The lowest BCUT2D eigenvalue weighted by Crippen LogP contribution is -2.27. The van der Waals surface area contributed by atoms with Gasteiger partial charge in [-0.25, -0.2) is 0 Å². The lowest BCUT2D eigenvalue weighted by Gasteiger charge is -2.14. The van der Waals surface area contributed by atoms with Crippen molar-refractivity contribution in [2.45, 2.75) is 20.0 Å². The lowest BCUT2D eigenvalue weighted by atomic mass is 9.79. The average Bonchev–Trinajstić information content (AvgIpc) is 2.74. The molecule has 0 spiro atoms. The molecule has 0 bridgehead atoms. The van der Waals surface area contributed by atoms with E-state index in [1.54, 1.807) is 0 Å². The highest BCUT2D eigenvalue weighted by Crippen LogP contribution is 2.20. The second kappa shape index (κ2) is 4.63. The van der Waals surface area contributed by atoms with E-state index in [1.807, 2.05) is 18.2 Å². The van der Waals surface area contributed by atoms with Crippen molar-refractivity contribution in [3.63, 3.8) is 0 Å². The third-order valence-electron chi connectivity index (χ3n) is 3.41. The monoisotopic (exact) mass is 241 g/mol. The number of fused-ring (bicyclic) bond motifs is 1. The van der Waals surface area contributed by atoms with Crippen molar-refractivity contribution in [2.75, 3.05) is 5.32 Å². The number of hydrogen-bond acceptors (Lipinski definition) is 3. The lowest BCUT2D eigenvalue weighted by molar-refractivity contribution is 0.275. The molecule has 1 aliphatic heterocycles. The van der Waals surface area contributed by atoms with Crippen LogP contribution in [0.3, 0.4) is 0 Å². The van der Waals surface area contributed by atoms with E-state index in [1.165, 1.54) is 0 Å². The predicted molar refractivity (Wildman–Crippen MR) is 73.5 cm³/mol. The molecule has 0 aromatic heterocycles. The zero-order valence-corrected chi connectivity index (χ0v) is 10.4. The van der Waals surface area contributed by atoms with Crippen molar-refractivity contribution >= 4 is 18.3 Å². The van der Waals surface area contributed by atoms with E-state index in [9.17, 15) is 5.02 Å². The summed E-state index contributed by atoms with van der Waals surface area (Å²) in [5.41, 5.74) is 4.10. The van der Waals surface area contributed by atoms with Crippen molar-refractivity contribution in [2.24, 2.45) is 5.92 Å². The standard InChI is InChI=1S/C14H16BNO2/c1-10-2-4-12(5-3-10)16-13-6-7-14-11(8-13)9-18-15(14)17/h2,4-8,10,16-17H,3,9H2,1H3. The van der Waals surface area contributed by atoms with E-state index in [2.05, 4.69) is 30.5 Å². The third kappa shape index (κ3) is 2.21. The van der Waals surface area contributed by atoms with Crippen LogP contribution in [0.4, 0.5) is 5.69 Å². The van der Waals surface area contributed by atoms with Crippen LogP contribution in [0.25, 0.3) is 0 Å². The van der Waals surface area contributed by atoms with Gasteiger partial charge in [-0.2, -0.15) is 0 Å². The molecule has 2 N–H and O–H groups in total. The van der Waals surface area contributed by atoms with Gasteiger partial charge in [-0.15, -0.1) is 0 Å². The van der Waals surface area contributed by atoms with Gasteiger partial charge in [0.2, 0.25) is 0 Å². The number of rotatable bonds is 2. The fourth-order valence-corrected chi connectivity index (χ4v) is 2.29. The molecule has 0 amide bonds. The Labute approximate surface area is 107 Å². The SMILES string of the molecule is CC1C=CC(Nc2ccc3c(c2)COB3O)=CC1. The molecule has 3 rings (SSSR count). The molecule has 4 heteroatoms.